The summed E-state index contributed by atoms with van der Waals surface area (Å²) in [7, 11) is 0. The van der Waals surface area contributed by atoms with Gasteiger partial charge in [-0.15, -0.1) is 11.3 Å². The van der Waals surface area contributed by atoms with Crippen molar-refractivity contribution in [1.29, 1.82) is 0 Å². The molecule has 1 aliphatic heterocycles. The molecule has 0 radical (unpaired) electrons. The van der Waals surface area contributed by atoms with Crippen molar-refractivity contribution >= 4 is 17.2 Å². The summed E-state index contributed by atoms with van der Waals surface area (Å²) in [6, 6.07) is 9.17. The molecule has 8 heteroatoms. The number of aromatic nitrogens is 3. The molecule has 7 nitrogen and oxygen atoms in total. The lowest BCUT2D eigenvalue weighted by Crippen LogP contribution is -2.27. The van der Waals surface area contributed by atoms with E-state index in [-0.39, 0.29) is 18.1 Å². The minimum absolute atomic E-state index is 0.103. The van der Waals surface area contributed by atoms with E-state index >= 15 is 0 Å². The molecular weight excluding hydrogens is 448 g/mol. The molecule has 178 valence electrons. The van der Waals surface area contributed by atoms with E-state index < -0.39 is 0 Å². The van der Waals surface area contributed by atoms with Crippen molar-refractivity contribution in [2.45, 2.75) is 64.0 Å². The van der Waals surface area contributed by atoms with Crippen molar-refractivity contribution in [2.75, 3.05) is 13.2 Å². The zero-order chi connectivity index (χ0) is 23.5. The van der Waals surface area contributed by atoms with Gasteiger partial charge >= 0.3 is 0 Å². The average molecular weight is 479 g/mol. The molecule has 0 unspecified atom stereocenters. The zero-order valence-corrected chi connectivity index (χ0v) is 20.4. The Balaban J connectivity index is 1.38. The van der Waals surface area contributed by atoms with Gasteiger partial charge < -0.3 is 14.8 Å². The summed E-state index contributed by atoms with van der Waals surface area (Å²) >= 11 is 1.71. The Hall–Kier alpha value is -2.84. The van der Waals surface area contributed by atoms with Gasteiger partial charge in [-0.2, -0.15) is 10.2 Å². The van der Waals surface area contributed by atoms with E-state index in [4.69, 9.17) is 9.47 Å². The smallest absolute Gasteiger partial charge is 0.251 e. The molecule has 2 atom stereocenters. The van der Waals surface area contributed by atoms with E-state index in [1.165, 1.54) is 24.1 Å². The van der Waals surface area contributed by atoms with Crippen LogP contribution in [0.5, 0.6) is 5.75 Å². The van der Waals surface area contributed by atoms with Crippen molar-refractivity contribution in [3.8, 4) is 16.3 Å². The van der Waals surface area contributed by atoms with Crippen LogP contribution in [0.25, 0.3) is 10.6 Å². The van der Waals surface area contributed by atoms with Gasteiger partial charge in [0.15, 0.2) is 0 Å². The normalized spacial score (nSPS) is 18.9. The number of nitrogens with one attached hydrogen (secondary N) is 1. The summed E-state index contributed by atoms with van der Waals surface area (Å²) in [5, 5.41) is 12.3. The maximum atomic E-state index is 13.2. The fraction of sp³-hybridized carbons (Fsp3) is 0.462. The third-order valence-electron chi connectivity index (χ3n) is 6.52. The number of thiazole rings is 1. The minimum atomic E-state index is -0.273. The highest BCUT2D eigenvalue weighted by Gasteiger charge is 2.23. The Labute approximate surface area is 203 Å². The fourth-order valence-electron chi connectivity index (χ4n) is 4.20. The van der Waals surface area contributed by atoms with Gasteiger partial charge in [0.2, 0.25) is 0 Å². The lowest BCUT2D eigenvalue weighted by molar-refractivity contribution is 0.0679. The van der Waals surface area contributed by atoms with E-state index in [0.29, 0.717) is 23.8 Å². The Morgan fingerprint density at radius 2 is 2.09 bits per heavy atom. The summed E-state index contributed by atoms with van der Waals surface area (Å²) < 4.78 is 11.8. The van der Waals surface area contributed by atoms with Crippen LogP contribution in [0.2, 0.25) is 0 Å². The number of ether oxygens (including phenoxy) is 2. The van der Waals surface area contributed by atoms with E-state index in [0.717, 1.165) is 41.4 Å². The van der Waals surface area contributed by atoms with E-state index in [2.05, 4.69) is 20.5 Å². The van der Waals surface area contributed by atoms with Crippen molar-refractivity contribution in [3.63, 3.8) is 0 Å². The van der Waals surface area contributed by atoms with Gasteiger partial charge in [0.25, 0.3) is 5.91 Å². The van der Waals surface area contributed by atoms with Crippen LogP contribution in [0.3, 0.4) is 0 Å². The first-order chi connectivity index (χ1) is 16.5. The van der Waals surface area contributed by atoms with Crippen LogP contribution in [0.4, 0.5) is 0 Å². The third kappa shape index (κ3) is 5.28. The number of hydrogen-bond donors (Lipinski definition) is 1. The molecule has 1 saturated heterocycles. The Kier molecular flexibility index (Phi) is 6.87. The molecule has 1 aromatic carbocycles. The Morgan fingerprint density at radius 1 is 1.21 bits per heavy atom. The number of rotatable bonds is 8. The van der Waals surface area contributed by atoms with E-state index in [9.17, 15) is 4.79 Å². The van der Waals surface area contributed by atoms with Gasteiger partial charge in [-0.05, 0) is 75.8 Å². The van der Waals surface area contributed by atoms with Gasteiger partial charge in [-0.25, -0.2) is 4.98 Å². The fourth-order valence-corrected chi connectivity index (χ4v) is 5.27. The van der Waals surface area contributed by atoms with Crippen LogP contribution in [0, 0.1) is 6.92 Å². The topological polar surface area (TPSA) is 86.2 Å². The van der Waals surface area contributed by atoms with Crippen LogP contribution in [0.1, 0.15) is 77.6 Å². The molecule has 1 amide bonds. The molecule has 0 spiro atoms. The Morgan fingerprint density at radius 3 is 2.79 bits per heavy atom. The highest BCUT2D eigenvalue weighted by molar-refractivity contribution is 7.15. The number of carbonyl (C=O) groups excluding carboxylic acids is 1. The van der Waals surface area contributed by atoms with E-state index in [1.54, 1.807) is 17.4 Å². The molecule has 2 aromatic heterocycles. The molecule has 3 heterocycles. The zero-order valence-electron chi connectivity index (χ0n) is 19.6. The largest absolute Gasteiger partial charge is 0.491 e. The highest BCUT2D eigenvalue weighted by Crippen LogP contribution is 2.41. The monoisotopic (exact) mass is 478 g/mol. The first-order valence-electron chi connectivity index (χ1n) is 12.0. The number of benzene rings is 1. The van der Waals surface area contributed by atoms with Crippen molar-refractivity contribution in [1.82, 2.24) is 20.5 Å². The number of amides is 1. The van der Waals surface area contributed by atoms with Gasteiger partial charge in [-0.3, -0.25) is 4.79 Å². The highest BCUT2D eigenvalue weighted by atomic mass is 32.1. The first-order valence-corrected chi connectivity index (χ1v) is 12.8. The number of hydrogen-bond acceptors (Lipinski definition) is 7. The van der Waals surface area contributed by atoms with Crippen molar-refractivity contribution in [2.24, 2.45) is 0 Å². The van der Waals surface area contributed by atoms with Gasteiger partial charge in [-0.1, -0.05) is 6.42 Å². The van der Waals surface area contributed by atoms with E-state index in [1.807, 2.05) is 44.3 Å². The standard InChI is InChI=1S/C26H30N4O3S/c1-16-8-9-23(30-29-16)17(2)28-25(31)19-11-20(26-27-14-24(34-26)18-5-3-6-18)13-22(12-19)33-15-21-7-4-10-32-21/h8-9,11-14,17-18,21H,3-7,10,15H2,1-2H3,(H,28,31)/t17-,21+/m1/s1. The number of aryl methyl sites for hydroxylation is 1. The number of carbonyl (C=O) groups is 1. The predicted octanol–water partition coefficient (Wildman–Crippen LogP) is 5.22. The summed E-state index contributed by atoms with van der Waals surface area (Å²) in [6.07, 6.45) is 7.91. The second-order valence-corrected chi connectivity index (χ2v) is 10.2. The van der Waals surface area contributed by atoms with Gasteiger partial charge in [0.1, 0.15) is 17.4 Å². The first kappa shape index (κ1) is 22.9. The molecule has 34 heavy (non-hydrogen) atoms. The molecule has 2 aliphatic rings. The van der Waals surface area contributed by atoms with Crippen LogP contribution < -0.4 is 10.1 Å². The summed E-state index contributed by atoms with van der Waals surface area (Å²) in [5.74, 6) is 1.10. The Bertz CT molecular complexity index is 1140. The SMILES string of the molecule is Cc1ccc([C@@H](C)NC(=O)c2cc(OC[C@@H]3CCCO3)cc(-c3ncc(C4CCC4)s3)c2)nn1. The summed E-state index contributed by atoms with van der Waals surface area (Å²) in [5.41, 5.74) is 2.99. The van der Waals surface area contributed by atoms with Crippen LogP contribution >= 0.6 is 11.3 Å². The molecular formula is C26H30N4O3S. The second-order valence-electron chi connectivity index (χ2n) is 9.18. The number of nitrogens with zero attached hydrogens (tertiary/aromatic N) is 3. The molecule has 2 fully saturated rings. The predicted molar refractivity (Wildman–Crippen MR) is 131 cm³/mol. The van der Waals surface area contributed by atoms with Crippen LogP contribution in [-0.4, -0.2) is 40.4 Å². The lowest BCUT2D eigenvalue weighted by Gasteiger charge is -2.23. The van der Waals surface area contributed by atoms with Gasteiger partial charge in [0.05, 0.1) is 23.5 Å². The molecule has 1 saturated carbocycles. The summed E-state index contributed by atoms with van der Waals surface area (Å²) in [4.78, 5) is 19.2. The molecule has 3 aromatic rings. The maximum Gasteiger partial charge on any atom is 0.251 e. The molecule has 5 rings (SSSR count). The lowest BCUT2D eigenvalue weighted by atomic mass is 9.85. The molecule has 1 aliphatic carbocycles. The summed E-state index contributed by atoms with van der Waals surface area (Å²) in [6.45, 7) is 5.05. The average Bonchev–Trinajstić information content (AvgIpc) is 3.49. The third-order valence-corrected chi connectivity index (χ3v) is 7.73. The minimum Gasteiger partial charge on any atom is -0.491 e. The van der Waals surface area contributed by atoms with Gasteiger partial charge in [0, 0.05) is 28.8 Å². The maximum absolute atomic E-state index is 13.2. The molecule has 1 N–H and O–H groups in total. The van der Waals surface area contributed by atoms with Crippen molar-refractivity contribution < 1.29 is 14.3 Å². The second kappa shape index (κ2) is 10.2. The van der Waals surface area contributed by atoms with Crippen molar-refractivity contribution in [3.05, 3.63) is 58.4 Å². The molecule has 0 bridgehead atoms. The van der Waals surface area contributed by atoms with Crippen LogP contribution in [0.15, 0.2) is 36.5 Å². The quantitative estimate of drug-likeness (QED) is 0.477. The van der Waals surface area contributed by atoms with Crippen LogP contribution in [-0.2, 0) is 4.74 Å².